The van der Waals surface area contributed by atoms with Gasteiger partial charge in [-0.15, -0.1) is 0 Å². The van der Waals surface area contributed by atoms with Gasteiger partial charge >= 0.3 is 0 Å². The number of nitrogens with zero attached hydrogens (tertiary/aromatic N) is 1. The molecule has 1 heterocycles. The average molecular weight is 292 g/mol. The minimum atomic E-state index is -0.0220. The lowest BCUT2D eigenvalue weighted by Gasteiger charge is -2.02. The molecule has 0 saturated heterocycles. The van der Waals surface area contributed by atoms with Gasteiger partial charge in [0.1, 0.15) is 17.2 Å². The monoisotopic (exact) mass is 292 g/mol. The van der Waals surface area contributed by atoms with Gasteiger partial charge in [-0.2, -0.15) is 5.10 Å². The fraction of sp³-hybridized carbons (Fsp3) is 0.647. The molecule has 0 bridgehead atoms. The molecule has 0 aliphatic rings. The number of rotatable bonds is 10. The Balaban J connectivity index is 2.13. The van der Waals surface area contributed by atoms with Crippen LogP contribution in [0.3, 0.4) is 0 Å². The van der Waals surface area contributed by atoms with Crippen molar-refractivity contribution >= 4 is 11.6 Å². The predicted octanol–water partition coefficient (Wildman–Crippen LogP) is 4.57. The van der Waals surface area contributed by atoms with Gasteiger partial charge in [0.05, 0.1) is 0 Å². The second-order valence-corrected chi connectivity index (χ2v) is 5.51. The topological polar surface area (TPSA) is 54.6 Å². The quantitative estimate of drug-likeness (QED) is 0.390. The molecule has 1 aromatic rings. The Morgan fingerprint density at radius 2 is 1.81 bits per heavy atom. The number of hydrazone groups is 1. The molecule has 0 saturated carbocycles. The standard InChI is InChI=1S/C17H28N2O2/c1-4-5-6-7-8-9-10-11-17(20)19-18-15(3)16-13-12-14(2)21-16/h12-13H,4-11H2,1-3H3,(H,19,20)/b18-15+. The summed E-state index contributed by atoms with van der Waals surface area (Å²) in [5.74, 6) is 1.52. The molecule has 1 amide bonds. The van der Waals surface area contributed by atoms with Crippen LogP contribution in [0.25, 0.3) is 0 Å². The average Bonchev–Trinajstić information content (AvgIpc) is 2.90. The van der Waals surface area contributed by atoms with E-state index in [1.165, 1.54) is 32.1 Å². The van der Waals surface area contributed by atoms with Crippen LogP contribution < -0.4 is 5.43 Å². The highest BCUT2D eigenvalue weighted by atomic mass is 16.3. The van der Waals surface area contributed by atoms with Crippen LogP contribution in [-0.4, -0.2) is 11.6 Å². The van der Waals surface area contributed by atoms with Gasteiger partial charge in [0.25, 0.3) is 0 Å². The van der Waals surface area contributed by atoms with E-state index in [0.717, 1.165) is 18.6 Å². The van der Waals surface area contributed by atoms with E-state index >= 15 is 0 Å². The van der Waals surface area contributed by atoms with Crippen LogP contribution in [0.4, 0.5) is 0 Å². The van der Waals surface area contributed by atoms with Crippen molar-refractivity contribution in [1.82, 2.24) is 5.43 Å². The maximum atomic E-state index is 11.7. The van der Waals surface area contributed by atoms with Crippen LogP contribution >= 0.6 is 0 Å². The van der Waals surface area contributed by atoms with Crippen LogP contribution in [0.2, 0.25) is 0 Å². The molecule has 1 N–H and O–H groups in total. The SMILES string of the molecule is CCCCCCCCCC(=O)N/N=C(\C)c1ccc(C)o1. The number of nitrogens with one attached hydrogen (secondary N) is 1. The first-order valence-corrected chi connectivity index (χ1v) is 8.03. The van der Waals surface area contributed by atoms with E-state index in [-0.39, 0.29) is 5.91 Å². The molecule has 0 aliphatic carbocycles. The normalized spacial score (nSPS) is 11.7. The molecule has 4 nitrogen and oxygen atoms in total. The summed E-state index contributed by atoms with van der Waals surface area (Å²) < 4.78 is 5.44. The number of hydrogen-bond donors (Lipinski definition) is 1. The highest BCUT2D eigenvalue weighted by Crippen LogP contribution is 2.09. The summed E-state index contributed by atoms with van der Waals surface area (Å²) >= 11 is 0. The van der Waals surface area contributed by atoms with Crippen LogP contribution in [0.5, 0.6) is 0 Å². The van der Waals surface area contributed by atoms with E-state index in [1.807, 2.05) is 26.0 Å². The van der Waals surface area contributed by atoms with E-state index in [4.69, 9.17) is 4.42 Å². The highest BCUT2D eigenvalue weighted by molar-refractivity contribution is 5.96. The molecule has 0 fully saturated rings. The van der Waals surface area contributed by atoms with Crippen molar-refractivity contribution in [1.29, 1.82) is 0 Å². The summed E-state index contributed by atoms with van der Waals surface area (Å²) in [7, 11) is 0. The molecule has 118 valence electrons. The van der Waals surface area contributed by atoms with Crippen LogP contribution in [-0.2, 0) is 4.79 Å². The summed E-state index contributed by atoms with van der Waals surface area (Å²) in [6.07, 6.45) is 9.02. The Kier molecular flexibility index (Phi) is 8.48. The number of amides is 1. The summed E-state index contributed by atoms with van der Waals surface area (Å²) in [6, 6.07) is 3.74. The predicted molar refractivity (Wildman–Crippen MR) is 86.4 cm³/mol. The molecule has 0 atom stereocenters. The number of carbonyl (C=O) groups is 1. The van der Waals surface area contributed by atoms with Crippen molar-refractivity contribution in [3.8, 4) is 0 Å². The van der Waals surface area contributed by atoms with Gasteiger partial charge in [-0.05, 0) is 32.4 Å². The zero-order valence-electron chi connectivity index (χ0n) is 13.6. The van der Waals surface area contributed by atoms with Gasteiger partial charge in [-0.1, -0.05) is 45.4 Å². The van der Waals surface area contributed by atoms with Crippen molar-refractivity contribution in [3.05, 3.63) is 23.7 Å². The van der Waals surface area contributed by atoms with Crippen LogP contribution in [0, 0.1) is 6.92 Å². The Morgan fingerprint density at radius 1 is 1.14 bits per heavy atom. The number of furan rings is 1. The molecular formula is C17H28N2O2. The van der Waals surface area contributed by atoms with Gasteiger partial charge in [0.2, 0.25) is 5.91 Å². The van der Waals surface area contributed by atoms with Gasteiger partial charge in [-0.3, -0.25) is 4.79 Å². The molecule has 0 radical (unpaired) electrons. The number of carbonyl (C=O) groups excluding carboxylic acids is 1. The minimum Gasteiger partial charge on any atom is -0.460 e. The maximum Gasteiger partial charge on any atom is 0.240 e. The smallest absolute Gasteiger partial charge is 0.240 e. The van der Waals surface area contributed by atoms with Crippen LogP contribution in [0.15, 0.2) is 21.7 Å². The molecule has 0 aromatic carbocycles. The van der Waals surface area contributed by atoms with Crippen molar-refractivity contribution < 1.29 is 9.21 Å². The number of unbranched alkanes of at least 4 members (excludes halogenated alkanes) is 6. The fourth-order valence-electron chi connectivity index (χ4n) is 2.13. The number of aryl methyl sites for hydroxylation is 1. The summed E-state index contributed by atoms with van der Waals surface area (Å²) in [5, 5.41) is 4.07. The second kappa shape index (κ2) is 10.2. The zero-order chi connectivity index (χ0) is 15.5. The van der Waals surface area contributed by atoms with E-state index < -0.39 is 0 Å². The molecule has 0 unspecified atom stereocenters. The fourth-order valence-corrected chi connectivity index (χ4v) is 2.13. The van der Waals surface area contributed by atoms with Crippen molar-refractivity contribution in [3.63, 3.8) is 0 Å². The summed E-state index contributed by atoms with van der Waals surface area (Å²) in [6.45, 7) is 5.93. The third kappa shape index (κ3) is 7.69. The lowest BCUT2D eigenvalue weighted by molar-refractivity contribution is -0.121. The number of hydrogen-bond acceptors (Lipinski definition) is 3. The third-order valence-corrected chi connectivity index (χ3v) is 3.45. The first-order valence-electron chi connectivity index (χ1n) is 8.03. The molecule has 0 aliphatic heterocycles. The zero-order valence-corrected chi connectivity index (χ0v) is 13.6. The molecule has 1 aromatic heterocycles. The van der Waals surface area contributed by atoms with Gasteiger partial charge < -0.3 is 4.42 Å². The van der Waals surface area contributed by atoms with Gasteiger partial charge in [0.15, 0.2) is 0 Å². The largest absolute Gasteiger partial charge is 0.460 e. The van der Waals surface area contributed by atoms with E-state index in [1.54, 1.807) is 0 Å². The third-order valence-electron chi connectivity index (χ3n) is 3.45. The Labute approximate surface area is 128 Å². The second-order valence-electron chi connectivity index (χ2n) is 5.51. The van der Waals surface area contributed by atoms with Crippen molar-refractivity contribution in [2.75, 3.05) is 0 Å². The molecular weight excluding hydrogens is 264 g/mol. The van der Waals surface area contributed by atoms with E-state index in [9.17, 15) is 4.79 Å². The lowest BCUT2D eigenvalue weighted by Crippen LogP contribution is -2.18. The van der Waals surface area contributed by atoms with E-state index in [0.29, 0.717) is 17.9 Å². The lowest BCUT2D eigenvalue weighted by atomic mass is 10.1. The van der Waals surface area contributed by atoms with Gasteiger partial charge in [-0.25, -0.2) is 5.43 Å². The molecule has 0 spiro atoms. The van der Waals surface area contributed by atoms with Crippen molar-refractivity contribution in [2.45, 2.75) is 72.1 Å². The van der Waals surface area contributed by atoms with Crippen LogP contribution in [0.1, 0.15) is 76.7 Å². The highest BCUT2D eigenvalue weighted by Gasteiger charge is 2.04. The Bertz CT molecular complexity index is 449. The van der Waals surface area contributed by atoms with Crippen molar-refractivity contribution in [2.24, 2.45) is 5.10 Å². The molecule has 21 heavy (non-hydrogen) atoms. The Morgan fingerprint density at radius 3 is 2.43 bits per heavy atom. The Hall–Kier alpha value is -1.58. The maximum absolute atomic E-state index is 11.7. The minimum absolute atomic E-state index is 0.0220. The first-order chi connectivity index (χ1) is 10.1. The molecule has 1 rings (SSSR count). The summed E-state index contributed by atoms with van der Waals surface area (Å²) in [4.78, 5) is 11.7. The van der Waals surface area contributed by atoms with E-state index in [2.05, 4.69) is 17.5 Å². The van der Waals surface area contributed by atoms with Gasteiger partial charge in [0, 0.05) is 6.42 Å². The summed E-state index contributed by atoms with van der Waals surface area (Å²) in [5.41, 5.74) is 3.28. The first kappa shape index (κ1) is 17.5. The molecule has 4 heteroatoms.